The van der Waals surface area contributed by atoms with Crippen molar-refractivity contribution in [3.8, 4) is 23.7 Å². The molecule has 1 N–H and O–H groups in total. The minimum Gasteiger partial charge on any atom is -0.380 e. The summed E-state index contributed by atoms with van der Waals surface area (Å²) in [6.07, 6.45) is 2.81. The van der Waals surface area contributed by atoms with Gasteiger partial charge in [-0.05, 0) is 91.3 Å². The van der Waals surface area contributed by atoms with Gasteiger partial charge in [0, 0.05) is 100 Å². The van der Waals surface area contributed by atoms with Crippen LogP contribution in [0, 0.1) is 35.3 Å². The van der Waals surface area contributed by atoms with Crippen molar-refractivity contribution in [2.45, 2.75) is 55.8 Å². The Morgan fingerprint density at radius 1 is 0.600 bits per heavy atom. The van der Waals surface area contributed by atoms with Crippen molar-refractivity contribution in [2.75, 3.05) is 52.6 Å². The van der Waals surface area contributed by atoms with E-state index in [1.165, 1.54) is 36.4 Å². The van der Waals surface area contributed by atoms with Crippen molar-refractivity contribution in [3.63, 3.8) is 0 Å². The number of halogens is 2. The van der Waals surface area contributed by atoms with Crippen LogP contribution in [-0.4, -0.2) is 97.2 Å². The van der Waals surface area contributed by atoms with Crippen LogP contribution in [0.3, 0.4) is 0 Å². The first-order valence-corrected chi connectivity index (χ1v) is 24.7. The van der Waals surface area contributed by atoms with Gasteiger partial charge in [-0.3, -0.25) is 27.8 Å². The number of hydrogen-bond donors (Lipinski definition) is 1. The molecule has 358 valence electrons. The molecule has 2 aromatic heterocycles. The van der Waals surface area contributed by atoms with Crippen LogP contribution >= 0.6 is 0 Å². The van der Waals surface area contributed by atoms with Crippen LogP contribution in [0.2, 0.25) is 0 Å². The molecule has 2 unspecified atom stereocenters. The summed E-state index contributed by atoms with van der Waals surface area (Å²) in [7, 11) is -3.62. The minimum absolute atomic E-state index is 0.00385. The fourth-order valence-electron chi connectivity index (χ4n) is 8.64. The van der Waals surface area contributed by atoms with Gasteiger partial charge in [0.25, 0.3) is 21.2 Å². The van der Waals surface area contributed by atoms with Crippen LogP contribution in [0.5, 0.6) is 0 Å². The van der Waals surface area contributed by atoms with Crippen LogP contribution in [0.4, 0.5) is 8.78 Å². The topological polar surface area (TPSA) is 147 Å². The van der Waals surface area contributed by atoms with Crippen LogP contribution in [0.25, 0.3) is 21.8 Å². The first kappa shape index (κ1) is 48.1. The fourth-order valence-corrected chi connectivity index (χ4v) is 9.75. The van der Waals surface area contributed by atoms with Crippen LogP contribution in [0.1, 0.15) is 46.7 Å². The highest BCUT2D eigenvalue weighted by Gasteiger charge is 2.27. The first-order chi connectivity index (χ1) is 34.1. The van der Waals surface area contributed by atoms with Crippen LogP contribution < -0.4 is 16.4 Å². The quantitative estimate of drug-likeness (QED) is 0.168. The average molecular weight is 965 g/mol. The SMILES string of the molecule is O=S(=O)(OC1CCOC1)c1ccccc1.O=c1c2ccc(C#Cc3cccc(F)c3)cc2nc2n1CCN(C1CCOC1)CC2.O=c1c2ccc(C#Cc3cccc(F)c3)cc2nc2n1CCNCC2. The third-order valence-corrected chi connectivity index (χ3v) is 13.7. The molecule has 16 heteroatoms. The molecule has 2 saturated heterocycles. The molecule has 11 rings (SSSR count). The Morgan fingerprint density at radius 3 is 1.74 bits per heavy atom. The normalized spacial score (nSPS) is 17.7. The van der Waals surface area contributed by atoms with E-state index in [2.05, 4.69) is 38.9 Å². The van der Waals surface area contributed by atoms with Crippen molar-refractivity contribution in [2.24, 2.45) is 0 Å². The number of fused-ring (bicyclic) bond motifs is 4. The summed E-state index contributed by atoms with van der Waals surface area (Å²) in [5, 5.41) is 4.48. The maximum atomic E-state index is 13.3. The summed E-state index contributed by atoms with van der Waals surface area (Å²) < 4.78 is 69.2. The lowest BCUT2D eigenvalue weighted by atomic mass is 10.1. The molecule has 0 radical (unpaired) electrons. The van der Waals surface area contributed by atoms with Crippen molar-refractivity contribution >= 4 is 31.9 Å². The number of hydrogen-bond acceptors (Lipinski definition) is 11. The van der Waals surface area contributed by atoms with Gasteiger partial charge in [-0.25, -0.2) is 18.7 Å². The van der Waals surface area contributed by atoms with Gasteiger partial charge in [0.05, 0.1) is 39.9 Å². The predicted molar refractivity (Wildman–Crippen MR) is 262 cm³/mol. The van der Waals surface area contributed by atoms with E-state index in [-0.39, 0.29) is 33.8 Å². The second-order valence-electron chi connectivity index (χ2n) is 17.1. The molecule has 4 aliphatic rings. The highest BCUT2D eigenvalue weighted by Crippen LogP contribution is 2.20. The van der Waals surface area contributed by atoms with E-state index < -0.39 is 10.1 Å². The van der Waals surface area contributed by atoms with Gasteiger partial charge in [-0.15, -0.1) is 0 Å². The zero-order chi connectivity index (χ0) is 48.5. The van der Waals surface area contributed by atoms with Gasteiger partial charge in [0.2, 0.25) is 0 Å². The molecule has 4 aliphatic heterocycles. The maximum Gasteiger partial charge on any atom is 0.297 e. The number of nitrogens with zero attached hydrogens (tertiary/aromatic N) is 5. The maximum absolute atomic E-state index is 13.3. The van der Waals surface area contributed by atoms with Crippen LogP contribution in [-0.2, 0) is 49.7 Å². The van der Waals surface area contributed by atoms with E-state index in [0.717, 1.165) is 81.4 Å². The number of nitrogens with one attached hydrogen (secondary N) is 1. The third-order valence-electron chi connectivity index (χ3n) is 12.3. The molecule has 13 nitrogen and oxygen atoms in total. The van der Waals surface area contributed by atoms with Crippen molar-refractivity contribution < 1.29 is 30.9 Å². The highest BCUT2D eigenvalue weighted by molar-refractivity contribution is 7.86. The Labute approximate surface area is 404 Å². The predicted octanol–water partition coefficient (Wildman–Crippen LogP) is 5.84. The summed E-state index contributed by atoms with van der Waals surface area (Å²) in [5.41, 5.74) is 4.04. The number of aromatic nitrogens is 4. The van der Waals surface area contributed by atoms with E-state index in [1.54, 1.807) is 65.2 Å². The molecule has 0 amide bonds. The zero-order valence-electron chi connectivity index (χ0n) is 38.3. The Balaban J connectivity index is 0.000000138. The summed E-state index contributed by atoms with van der Waals surface area (Å²) in [6.45, 7) is 7.10. The lowest BCUT2D eigenvalue weighted by Gasteiger charge is -2.25. The first-order valence-electron chi connectivity index (χ1n) is 23.3. The molecular formula is C54H50F2N6O7S. The molecule has 0 bridgehead atoms. The fraction of sp³-hybridized carbons (Fsp3) is 0.296. The molecule has 0 spiro atoms. The van der Waals surface area contributed by atoms with Gasteiger partial charge in [0.15, 0.2) is 0 Å². The van der Waals surface area contributed by atoms with Crippen molar-refractivity contribution in [1.29, 1.82) is 0 Å². The van der Waals surface area contributed by atoms with E-state index in [1.807, 2.05) is 22.8 Å². The zero-order valence-corrected chi connectivity index (χ0v) is 39.1. The molecule has 2 fully saturated rings. The molecule has 7 aromatic rings. The number of rotatable bonds is 4. The van der Waals surface area contributed by atoms with Crippen molar-refractivity contribution in [3.05, 3.63) is 182 Å². The van der Waals surface area contributed by atoms with Gasteiger partial charge in [-0.2, -0.15) is 8.42 Å². The van der Waals surface area contributed by atoms with E-state index in [0.29, 0.717) is 71.7 Å². The van der Waals surface area contributed by atoms with E-state index in [4.69, 9.17) is 18.6 Å². The monoisotopic (exact) mass is 964 g/mol. The Bertz CT molecular complexity index is 3390. The molecule has 0 aliphatic carbocycles. The summed E-state index contributed by atoms with van der Waals surface area (Å²) in [5.74, 6) is 13.0. The number of benzene rings is 5. The largest absolute Gasteiger partial charge is 0.380 e. The van der Waals surface area contributed by atoms with E-state index >= 15 is 0 Å². The van der Waals surface area contributed by atoms with Gasteiger partial charge in [0.1, 0.15) is 29.4 Å². The Hall–Kier alpha value is -6.89. The second-order valence-corrected chi connectivity index (χ2v) is 18.7. The van der Waals surface area contributed by atoms with Crippen molar-refractivity contribution in [1.82, 2.24) is 29.3 Å². The second kappa shape index (κ2) is 22.2. The summed E-state index contributed by atoms with van der Waals surface area (Å²) in [4.78, 5) is 37.8. The average Bonchev–Trinajstić information content (AvgIpc) is 3.99. The van der Waals surface area contributed by atoms with E-state index in [9.17, 15) is 26.8 Å². The standard InChI is InChI=1S/C24H22FN3O2.C20H16FN3O.C10H12O4S/c25-19-3-1-2-17(14-19)4-5-18-6-7-21-22(15-18)26-23-8-10-27(20-9-13-30-16-20)11-12-28(23)24(21)29;21-16-3-1-2-14(12-16)4-5-15-6-7-17-18(13-15)23-19-8-9-22-10-11-24(19)20(17)25;11-15(12,10-4-2-1-3-5-10)14-9-6-7-13-8-9/h1-3,6-7,14-15,20H,8-13,16H2;1-3,6-7,12-13,22H,8-11H2;1-5,9H,6-8H2. The highest BCUT2D eigenvalue weighted by atomic mass is 32.2. The molecule has 6 heterocycles. The molecule has 70 heavy (non-hydrogen) atoms. The summed E-state index contributed by atoms with van der Waals surface area (Å²) in [6, 6.07) is 31.8. The molecule has 2 atom stereocenters. The molecule has 5 aromatic carbocycles. The smallest absolute Gasteiger partial charge is 0.297 e. The molecular weight excluding hydrogens is 915 g/mol. The Kier molecular flexibility index (Phi) is 15.3. The lowest BCUT2D eigenvalue weighted by Crippen LogP contribution is -2.38. The van der Waals surface area contributed by atoms with Crippen LogP contribution in [0.15, 0.2) is 130 Å². The Morgan fingerprint density at radius 2 is 1.17 bits per heavy atom. The third kappa shape index (κ3) is 11.9. The van der Waals surface area contributed by atoms with Gasteiger partial charge < -0.3 is 14.8 Å². The van der Waals surface area contributed by atoms with Gasteiger partial charge in [-0.1, -0.05) is 54.0 Å². The summed E-state index contributed by atoms with van der Waals surface area (Å²) >= 11 is 0. The molecule has 0 saturated carbocycles. The number of ether oxygens (including phenoxy) is 2. The minimum atomic E-state index is -3.62. The lowest BCUT2D eigenvalue weighted by molar-refractivity contribution is 0.145. The van der Waals surface area contributed by atoms with Gasteiger partial charge >= 0.3 is 0 Å².